The van der Waals surface area contributed by atoms with Crippen molar-refractivity contribution in [1.29, 1.82) is 0 Å². The molecule has 0 aliphatic carbocycles. The van der Waals surface area contributed by atoms with E-state index in [9.17, 15) is 9.18 Å². The zero-order valence-electron chi connectivity index (χ0n) is 11.0. The number of carbonyl (C=O) groups is 1. The molecule has 2 N–H and O–H groups in total. The second kappa shape index (κ2) is 6.52. The number of hydrogen-bond acceptors (Lipinski definition) is 3. The monoisotopic (exact) mass is 266 g/mol. The summed E-state index contributed by atoms with van der Waals surface area (Å²) in [6, 6.07) is 4.82. The minimum Gasteiger partial charge on any atom is -0.496 e. The van der Waals surface area contributed by atoms with E-state index in [4.69, 9.17) is 4.74 Å². The van der Waals surface area contributed by atoms with Crippen LogP contribution in [0, 0.1) is 5.82 Å². The van der Waals surface area contributed by atoms with Gasteiger partial charge in [0.15, 0.2) is 0 Å². The Bertz CT molecular complexity index is 445. The number of carbonyl (C=O) groups excluding carboxylic acids is 1. The van der Waals surface area contributed by atoms with Crippen LogP contribution >= 0.6 is 0 Å². The highest BCUT2D eigenvalue weighted by molar-refractivity contribution is 5.97. The predicted molar refractivity (Wildman–Crippen MR) is 70.9 cm³/mol. The lowest BCUT2D eigenvalue weighted by molar-refractivity contribution is 0.0945. The predicted octanol–water partition coefficient (Wildman–Crippen LogP) is 1.71. The number of nitrogens with one attached hydrogen (secondary N) is 2. The van der Waals surface area contributed by atoms with Crippen LogP contribution in [-0.4, -0.2) is 32.1 Å². The van der Waals surface area contributed by atoms with E-state index in [1.807, 2.05) is 0 Å². The van der Waals surface area contributed by atoms with Crippen molar-refractivity contribution < 1.29 is 13.9 Å². The van der Waals surface area contributed by atoms with Crippen molar-refractivity contribution in [2.75, 3.05) is 20.2 Å². The van der Waals surface area contributed by atoms with Crippen LogP contribution in [-0.2, 0) is 0 Å². The SMILES string of the molecule is COc1cccc(F)c1C(=O)NCC[C@H]1CCCN1. The molecule has 0 saturated carbocycles. The van der Waals surface area contributed by atoms with Crippen LogP contribution in [0.2, 0.25) is 0 Å². The molecule has 1 aromatic carbocycles. The summed E-state index contributed by atoms with van der Waals surface area (Å²) in [7, 11) is 1.42. The Hall–Kier alpha value is -1.62. The molecule has 0 radical (unpaired) electrons. The van der Waals surface area contributed by atoms with Gasteiger partial charge >= 0.3 is 0 Å². The molecular formula is C14H19FN2O2. The molecule has 0 spiro atoms. The normalized spacial score (nSPS) is 18.3. The quantitative estimate of drug-likeness (QED) is 0.853. The topological polar surface area (TPSA) is 50.4 Å². The molecule has 0 unspecified atom stereocenters. The third-order valence-electron chi connectivity index (χ3n) is 3.36. The number of methoxy groups -OCH3 is 1. The zero-order chi connectivity index (χ0) is 13.7. The summed E-state index contributed by atoms with van der Waals surface area (Å²) in [4.78, 5) is 12.0. The van der Waals surface area contributed by atoms with Crippen molar-refractivity contribution in [3.63, 3.8) is 0 Å². The number of benzene rings is 1. The van der Waals surface area contributed by atoms with Gasteiger partial charge in [-0.05, 0) is 37.9 Å². The first kappa shape index (κ1) is 13.8. The Morgan fingerprint density at radius 2 is 2.42 bits per heavy atom. The van der Waals surface area contributed by atoms with Crippen LogP contribution in [0.1, 0.15) is 29.6 Å². The van der Waals surface area contributed by atoms with Gasteiger partial charge in [0, 0.05) is 12.6 Å². The van der Waals surface area contributed by atoms with Gasteiger partial charge in [-0.25, -0.2) is 4.39 Å². The van der Waals surface area contributed by atoms with Crippen molar-refractivity contribution in [3.8, 4) is 5.75 Å². The van der Waals surface area contributed by atoms with E-state index in [2.05, 4.69) is 10.6 Å². The highest BCUT2D eigenvalue weighted by Gasteiger charge is 2.18. The van der Waals surface area contributed by atoms with E-state index >= 15 is 0 Å². The number of rotatable bonds is 5. The van der Waals surface area contributed by atoms with Gasteiger partial charge in [-0.3, -0.25) is 4.79 Å². The van der Waals surface area contributed by atoms with Gasteiger partial charge in [0.2, 0.25) is 0 Å². The average Bonchev–Trinajstić information content (AvgIpc) is 2.91. The molecule has 1 aliphatic heterocycles. The molecule has 4 nitrogen and oxygen atoms in total. The first-order valence-corrected chi connectivity index (χ1v) is 6.56. The molecule has 19 heavy (non-hydrogen) atoms. The third kappa shape index (κ3) is 3.44. The maximum Gasteiger partial charge on any atom is 0.258 e. The van der Waals surface area contributed by atoms with Crippen molar-refractivity contribution in [2.45, 2.75) is 25.3 Å². The number of ether oxygens (including phenoxy) is 1. The summed E-state index contributed by atoms with van der Waals surface area (Å²) in [6.45, 7) is 1.58. The van der Waals surface area contributed by atoms with Crippen LogP contribution in [0.5, 0.6) is 5.75 Å². The molecule has 1 fully saturated rings. The van der Waals surface area contributed by atoms with Crippen molar-refractivity contribution in [1.82, 2.24) is 10.6 Å². The summed E-state index contributed by atoms with van der Waals surface area (Å²) in [5.41, 5.74) is -0.0237. The van der Waals surface area contributed by atoms with Gasteiger partial charge in [-0.2, -0.15) is 0 Å². The lowest BCUT2D eigenvalue weighted by Gasteiger charge is -2.12. The second-order valence-electron chi connectivity index (χ2n) is 4.65. The Morgan fingerprint density at radius 1 is 1.58 bits per heavy atom. The Balaban J connectivity index is 1.92. The summed E-state index contributed by atoms with van der Waals surface area (Å²) >= 11 is 0. The molecule has 1 aromatic rings. The lowest BCUT2D eigenvalue weighted by Crippen LogP contribution is -2.31. The molecule has 1 aliphatic rings. The van der Waals surface area contributed by atoms with Crippen molar-refractivity contribution >= 4 is 5.91 Å². The Kier molecular flexibility index (Phi) is 4.74. The van der Waals surface area contributed by atoms with Crippen LogP contribution < -0.4 is 15.4 Å². The standard InChI is InChI=1S/C14H19FN2O2/c1-19-12-6-2-5-11(15)13(12)14(18)17-9-7-10-4-3-8-16-10/h2,5-6,10,16H,3-4,7-9H2,1H3,(H,17,18)/t10-/m1/s1. The molecule has 1 heterocycles. The second-order valence-corrected chi connectivity index (χ2v) is 4.65. The Labute approximate surface area is 112 Å². The van der Waals surface area contributed by atoms with Gasteiger partial charge in [-0.1, -0.05) is 6.07 Å². The first-order valence-electron chi connectivity index (χ1n) is 6.56. The van der Waals surface area contributed by atoms with Crippen molar-refractivity contribution in [2.24, 2.45) is 0 Å². The van der Waals surface area contributed by atoms with E-state index in [-0.39, 0.29) is 11.3 Å². The summed E-state index contributed by atoms with van der Waals surface area (Å²) in [5.74, 6) is -0.722. The zero-order valence-corrected chi connectivity index (χ0v) is 11.0. The minimum atomic E-state index is -0.559. The maximum atomic E-state index is 13.7. The van der Waals surface area contributed by atoms with E-state index in [0.717, 1.165) is 19.4 Å². The molecule has 1 saturated heterocycles. The Morgan fingerprint density at radius 3 is 3.11 bits per heavy atom. The molecule has 1 amide bonds. The van der Waals surface area contributed by atoms with Crippen LogP contribution in [0.25, 0.3) is 0 Å². The van der Waals surface area contributed by atoms with Crippen molar-refractivity contribution in [3.05, 3.63) is 29.6 Å². The van der Waals surface area contributed by atoms with Crippen LogP contribution in [0.15, 0.2) is 18.2 Å². The molecule has 104 valence electrons. The maximum absolute atomic E-state index is 13.7. The molecular weight excluding hydrogens is 247 g/mol. The van der Waals surface area contributed by atoms with Gasteiger partial charge in [0.25, 0.3) is 5.91 Å². The van der Waals surface area contributed by atoms with E-state index in [1.165, 1.54) is 25.7 Å². The fraction of sp³-hybridized carbons (Fsp3) is 0.500. The van der Waals surface area contributed by atoms with E-state index in [0.29, 0.717) is 12.6 Å². The van der Waals surface area contributed by atoms with Gasteiger partial charge in [0.05, 0.1) is 7.11 Å². The fourth-order valence-electron chi connectivity index (χ4n) is 2.35. The number of amides is 1. The lowest BCUT2D eigenvalue weighted by atomic mass is 10.1. The number of halogens is 1. The van der Waals surface area contributed by atoms with Gasteiger partial charge in [-0.15, -0.1) is 0 Å². The molecule has 0 bridgehead atoms. The van der Waals surface area contributed by atoms with Gasteiger partial charge < -0.3 is 15.4 Å². The average molecular weight is 266 g/mol. The molecule has 1 atom stereocenters. The highest BCUT2D eigenvalue weighted by atomic mass is 19.1. The molecule has 5 heteroatoms. The minimum absolute atomic E-state index is 0.0237. The smallest absolute Gasteiger partial charge is 0.258 e. The van der Waals surface area contributed by atoms with Crippen LogP contribution in [0.4, 0.5) is 4.39 Å². The first-order chi connectivity index (χ1) is 9.22. The van der Waals surface area contributed by atoms with Gasteiger partial charge in [0.1, 0.15) is 17.1 Å². The van der Waals surface area contributed by atoms with Crippen LogP contribution in [0.3, 0.4) is 0 Å². The summed E-state index contributed by atoms with van der Waals surface area (Å²) < 4.78 is 18.7. The molecule has 0 aromatic heterocycles. The van der Waals surface area contributed by atoms with E-state index in [1.54, 1.807) is 6.07 Å². The summed E-state index contributed by atoms with van der Waals surface area (Å²) in [5, 5.41) is 6.10. The third-order valence-corrected chi connectivity index (χ3v) is 3.36. The fourth-order valence-corrected chi connectivity index (χ4v) is 2.35. The number of hydrogen-bond donors (Lipinski definition) is 2. The summed E-state index contributed by atoms with van der Waals surface area (Å²) in [6.07, 6.45) is 3.18. The molecule has 2 rings (SSSR count). The largest absolute Gasteiger partial charge is 0.496 e. The highest BCUT2D eigenvalue weighted by Crippen LogP contribution is 2.20. The van der Waals surface area contributed by atoms with E-state index < -0.39 is 11.7 Å².